The SMILES string of the molecule is CC(C)(O)c1ccc(OCC2(CN3CC(OC4CCN(C(=O)C(F)(F)F)CC4)C3)CC2)c(Br)c1. The molecule has 6 nitrogen and oxygen atoms in total. The Morgan fingerprint density at radius 2 is 1.82 bits per heavy atom. The highest BCUT2D eigenvalue weighted by molar-refractivity contribution is 9.10. The van der Waals surface area contributed by atoms with Crippen LogP contribution in [0.2, 0.25) is 0 Å². The summed E-state index contributed by atoms with van der Waals surface area (Å²) in [5.41, 5.74) is 0.0479. The van der Waals surface area contributed by atoms with Crippen LogP contribution in [-0.2, 0) is 15.1 Å². The summed E-state index contributed by atoms with van der Waals surface area (Å²) in [6.45, 7) is 6.86. The van der Waals surface area contributed by atoms with Gasteiger partial charge < -0.3 is 19.5 Å². The van der Waals surface area contributed by atoms with E-state index in [0.29, 0.717) is 19.4 Å². The molecule has 0 bridgehead atoms. The van der Waals surface area contributed by atoms with E-state index in [4.69, 9.17) is 9.47 Å². The molecule has 0 atom stereocenters. The van der Waals surface area contributed by atoms with Crippen molar-refractivity contribution in [1.82, 2.24) is 9.80 Å². The van der Waals surface area contributed by atoms with Gasteiger partial charge in [-0.15, -0.1) is 0 Å². The molecule has 3 aliphatic rings. The fraction of sp³-hybridized carbons (Fsp3) is 0.708. The maximum atomic E-state index is 12.6. The first-order chi connectivity index (χ1) is 15.8. The molecule has 1 N–H and O–H groups in total. The first-order valence-corrected chi connectivity index (χ1v) is 12.5. The number of amides is 1. The Balaban J connectivity index is 1.16. The zero-order valence-electron chi connectivity index (χ0n) is 19.5. The van der Waals surface area contributed by atoms with Gasteiger partial charge in [-0.25, -0.2) is 0 Å². The molecule has 2 saturated heterocycles. The van der Waals surface area contributed by atoms with E-state index in [1.165, 1.54) is 0 Å². The van der Waals surface area contributed by atoms with E-state index < -0.39 is 17.7 Å². The fourth-order valence-electron chi connectivity index (χ4n) is 4.61. The maximum Gasteiger partial charge on any atom is 0.471 e. The van der Waals surface area contributed by atoms with E-state index in [9.17, 15) is 23.1 Å². The molecule has 1 amide bonds. The minimum absolute atomic E-state index is 0.0895. The number of rotatable bonds is 8. The third kappa shape index (κ3) is 6.25. The van der Waals surface area contributed by atoms with Crippen molar-refractivity contribution in [2.45, 2.75) is 63.5 Å². The Kier molecular flexibility index (Phi) is 7.26. The number of likely N-dealkylation sites (tertiary alicyclic amines) is 2. The Morgan fingerprint density at radius 3 is 2.35 bits per heavy atom. The Labute approximate surface area is 206 Å². The number of nitrogens with zero attached hydrogens (tertiary/aromatic N) is 2. The summed E-state index contributed by atoms with van der Waals surface area (Å²) in [6, 6.07) is 5.64. The van der Waals surface area contributed by atoms with Crippen molar-refractivity contribution in [2.24, 2.45) is 5.41 Å². The molecule has 1 saturated carbocycles. The number of halogens is 4. The second kappa shape index (κ2) is 9.59. The Bertz CT molecular complexity index is 887. The predicted molar refractivity (Wildman–Crippen MR) is 124 cm³/mol. The summed E-state index contributed by atoms with van der Waals surface area (Å²) in [5, 5.41) is 10.2. The molecule has 190 valence electrons. The molecule has 0 unspecified atom stereocenters. The van der Waals surface area contributed by atoms with Crippen molar-refractivity contribution in [3.05, 3.63) is 28.2 Å². The highest BCUT2D eigenvalue weighted by Crippen LogP contribution is 2.47. The van der Waals surface area contributed by atoms with Crippen LogP contribution in [0.4, 0.5) is 13.2 Å². The zero-order chi connectivity index (χ0) is 24.7. The van der Waals surface area contributed by atoms with Crippen LogP contribution in [0.15, 0.2) is 22.7 Å². The molecule has 1 aliphatic carbocycles. The monoisotopic (exact) mass is 548 g/mol. The van der Waals surface area contributed by atoms with E-state index in [2.05, 4.69) is 20.8 Å². The standard InChI is InChI=1S/C24H32BrF3N2O4/c1-22(2,32)16-3-4-20(19(25)11-16)33-15-23(7-8-23)14-29-12-18(13-29)34-17-5-9-30(10-6-17)21(31)24(26,27)28/h3-4,11,17-18,32H,5-10,12-15H2,1-2H3. The number of aliphatic hydroxyl groups is 1. The lowest BCUT2D eigenvalue weighted by atomic mass is 9.98. The van der Waals surface area contributed by atoms with Crippen molar-refractivity contribution in [3.8, 4) is 5.75 Å². The summed E-state index contributed by atoms with van der Waals surface area (Å²) < 4.78 is 50.7. The molecule has 1 aromatic carbocycles. The molecule has 4 rings (SSSR count). The van der Waals surface area contributed by atoms with Gasteiger partial charge in [0.25, 0.3) is 0 Å². The van der Waals surface area contributed by atoms with Crippen molar-refractivity contribution >= 4 is 21.8 Å². The quantitative estimate of drug-likeness (QED) is 0.530. The maximum absolute atomic E-state index is 12.6. The van der Waals surface area contributed by atoms with E-state index in [1.807, 2.05) is 18.2 Å². The normalized spacial score (nSPS) is 21.9. The van der Waals surface area contributed by atoms with E-state index >= 15 is 0 Å². The number of benzene rings is 1. The topological polar surface area (TPSA) is 62.2 Å². The summed E-state index contributed by atoms with van der Waals surface area (Å²) in [7, 11) is 0. The van der Waals surface area contributed by atoms with Crippen LogP contribution in [0.1, 0.15) is 45.1 Å². The molecule has 34 heavy (non-hydrogen) atoms. The molecular weight excluding hydrogens is 517 g/mol. The summed E-state index contributed by atoms with van der Waals surface area (Å²) in [5.74, 6) is -0.989. The van der Waals surface area contributed by atoms with Crippen molar-refractivity contribution < 1.29 is 32.5 Å². The molecule has 3 fully saturated rings. The van der Waals surface area contributed by atoms with Crippen LogP contribution in [-0.4, -0.2) is 78.5 Å². The van der Waals surface area contributed by atoms with E-state index in [-0.39, 0.29) is 30.7 Å². The van der Waals surface area contributed by atoms with Crippen molar-refractivity contribution in [3.63, 3.8) is 0 Å². The van der Waals surface area contributed by atoms with Gasteiger partial charge in [0.15, 0.2) is 0 Å². The number of carbonyl (C=O) groups excluding carboxylic acids is 1. The molecule has 10 heteroatoms. The van der Waals surface area contributed by atoms with Crippen molar-refractivity contribution in [1.29, 1.82) is 0 Å². The molecule has 2 heterocycles. The minimum Gasteiger partial charge on any atom is -0.492 e. The van der Waals surface area contributed by atoms with Gasteiger partial charge in [-0.05, 0) is 73.2 Å². The summed E-state index contributed by atoms with van der Waals surface area (Å²) in [6.07, 6.45) is -1.70. The summed E-state index contributed by atoms with van der Waals surface area (Å²) in [4.78, 5) is 14.6. The number of alkyl halides is 3. The van der Waals surface area contributed by atoms with Crippen molar-refractivity contribution in [2.75, 3.05) is 39.3 Å². The lowest BCUT2D eigenvalue weighted by molar-refractivity contribution is -0.188. The minimum atomic E-state index is -4.81. The van der Waals surface area contributed by atoms with Crippen LogP contribution in [0.25, 0.3) is 0 Å². The molecule has 2 aliphatic heterocycles. The van der Waals surface area contributed by atoms with Gasteiger partial charge >= 0.3 is 12.1 Å². The first kappa shape index (κ1) is 25.7. The average Bonchev–Trinajstić information content (AvgIpc) is 3.49. The van der Waals surface area contributed by atoms with Gasteiger partial charge in [-0.2, -0.15) is 13.2 Å². The second-order valence-corrected chi connectivity index (χ2v) is 11.3. The van der Waals surface area contributed by atoms with Crippen LogP contribution < -0.4 is 4.74 Å². The number of piperidine rings is 1. The van der Waals surface area contributed by atoms with E-state index in [1.54, 1.807) is 13.8 Å². The lowest BCUT2D eigenvalue weighted by Crippen LogP contribution is -2.56. The largest absolute Gasteiger partial charge is 0.492 e. The molecule has 0 radical (unpaired) electrons. The van der Waals surface area contributed by atoms with Gasteiger partial charge in [0.2, 0.25) is 0 Å². The number of carbonyl (C=O) groups is 1. The number of hydrogen-bond acceptors (Lipinski definition) is 5. The van der Waals surface area contributed by atoms with Crippen LogP contribution >= 0.6 is 15.9 Å². The Hall–Kier alpha value is -1.36. The van der Waals surface area contributed by atoms with Gasteiger partial charge in [-0.1, -0.05) is 6.07 Å². The third-order valence-corrected chi connectivity index (χ3v) is 7.59. The predicted octanol–water partition coefficient (Wildman–Crippen LogP) is 4.09. The highest BCUT2D eigenvalue weighted by Gasteiger charge is 2.47. The van der Waals surface area contributed by atoms with Gasteiger partial charge in [0.05, 0.1) is 28.9 Å². The first-order valence-electron chi connectivity index (χ1n) is 11.7. The van der Waals surface area contributed by atoms with Crippen LogP contribution in [0.5, 0.6) is 5.75 Å². The number of ether oxygens (including phenoxy) is 2. The van der Waals surface area contributed by atoms with Crippen LogP contribution in [0, 0.1) is 5.41 Å². The summed E-state index contributed by atoms with van der Waals surface area (Å²) >= 11 is 3.54. The van der Waals surface area contributed by atoms with Gasteiger partial charge in [-0.3, -0.25) is 9.69 Å². The van der Waals surface area contributed by atoms with Gasteiger partial charge in [0, 0.05) is 38.1 Å². The van der Waals surface area contributed by atoms with Crippen LogP contribution in [0.3, 0.4) is 0 Å². The lowest BCUT2D eigenvalue weighted by Gasteiger charge is -2.43. The molecule has 0 aromatic heterocycles. The highest BCUT2D eigenvalue weighted by atomic mass is 79.9. The third-order valence-electron chi connectivity index (χ3n) is 6.97. The number of hydrogen-bond donors (Lipinski definition) is 1. The second-order valence-electron chi connectivity index (χ2n) is 10.4. The smallest absolute Gasteiger partial charge is 0.471 e. The Morgan fingerprint density at radius 1 is 1.18 bits per heavy atom. The fourth-order valence-corrected chi connectivity index (χ4v) is 5.11. The van der Waals surface area contributed by atoms with E-state index in [0.717, 1.165) is 53.2 Å². The average molecular weight is 549 g/mol. The van der Waals surface area contributed by atoms with Gasteiger partial charge in [0.1, 0.15) is 5.75 Å². The molecular formula is C24H32BrF3N2O4. The molecule has 0 spiro atoms. The zero-order valence-corrected chi connectivity index (χ0v) is 21.1. The molecule has 1 aromatic rings.